The summed E-state index contributed by atoms with van der Waals surface area (Å²) < 4.78 is 0. The molecule has 25 heavy (non-hydrogen) atoms. The maximum absolute atomic E-state index is 13.1. The molecule has 1 aliphatic heterocycles. The third-order valence-corrected chi connectivity index (χ3v) is 5.52. The van der Waals surface area contributed by atoms with Crippen molar-refractivity contribution in [3.05, 3.63) is 53.3 Å². The maximum Gasteiger partial charge on any atom is 0.308 e. The number of carbonyl (C=O) groups excluding carboxylic acids is 1. The normalized spacial score (nSPS) is 25.6. The number of hydrogen-bond acceptors (Lipinski definition) is 3. The van der Waals surface area contributed by atoms with Gasteiger partial charge < -0.3 is 10.0 Å². The molecule has 130 valence electrons. The second kappa shape index (κ2) is 6.35. The summed E-state index contributed by atoms with van der Waals surface area (Å²) >= 11 is 0. The fourth-order valence-corrected chi connectivity index (χ4v) is 4.21. The zero-order chi connectivity index (χ0) is 17.4. The molecule has 2 aliphatic rings. The third-order valence-electron chi connectivity index (χ3n) is 5.52. The van der Waals surface area contributed by atoms with E-state index >= 15 is 0 Å². The van der Waals surface area contributed by atoms with Gasteiger partial charge in [-0.2, -0.15) is 5.10 Å². The number of amides is 1. The number of fused-ring (bicyclic) bond motifs is 1. The Morgan fingerprint density at radius 2 is 2.00 bits per heavy atom. The van der Waals surface area contributed by atoms with Crippen molar-refractivity contribution in [3.63, 3.8) is 0 Å². The van der Waals surface area contributed by atoms with Gasteiger partial charge in [-0.15, -0.1) is 0 Å². The number of nitrogens with one attached hydrogen (secondary N) is 1. The molecule has 6 nitrogen and oxygen atoms in total. The Labute approximate surface area is 145 Å². The Morgan fingerprint density at radius 3 is 2.76 bits per heavy atom. The van der Waals surface area contributed by atoms with Crippen LogP contribution < -0.4 is 0 Å². The van der Waals surface area contributed by atoms with Crippen molar-refractivity contribution < 1.29 is 14.7 Å². The van der Waals surface area contributed by atoms with Gasteiger partial charge in [-0.05, 0) is 24.8 Å². The molecule has 0 radical (unpaired) electrons. The molecule has 2 N–H and O–H groups in total. The standard InChI is InChI=1S/C19H21N3O3/c23-18(13-7-4-8-17-14(13)9-20-21-17)22-10-15(16(11-22)19(24)25)12-5-2-1-3-6-12/h1-3,5-6,9,13,15-16H,4,7-8,10-11H2,(H,20,21)(H,24,25)/t13?,15-,16+/m0/s1. The zero-order valence-corrected chi connectivity index (χ0v) is 13.9. The fraction of sp³-hybridized carbons (Fsp3) is 0.421. The van der Waals surface area contributed by atoms with Crippen molar-refractivity contribution in [2.45, 2.75) is 31.1 Å². The van der Waals surface area contributed by atoms with Crippen LogP contribution in [0.5, 0.6) is 0 Å². The highest BCUT2D eigenvalue weighted by Gasteiger charge is 2.42. The maximum atomic E-state index is 13.1. The lowest BCUT2D eigenvalue weighted by Gasteiger charge is -2.26. The van der Waals surface area contributed by atoms with Gasteiger partial charge in [-0.25, -0.2) is 0 Å². The van der Waals surface area contributed by atoms with E-state index in [0.29, 0.717) is 6.54 Å². The van der Waals surface area contributed by atoms with Crippen molar-refractivity contribution in [2.24, 2.45) is 5.92 Å². The van der Waals surface area contributed by atoms with Crippen LogP contribution in [-0.4, -0.2) is 45.2 Å². The van der Waals surface area contributed by atoms with Gasteiger partial charge in [-0.3, -0.25) is 14.7 Å². The number of H-pyrrole nitrogens is 1. The van der Waals surface area contributed by atoms with Crippen LogP contribution in [0.1, 0.15) is 41.5 Å². The first-order chi connectivity index (χ1) is 12.1. The van der Waals surface area contributed by atoms with Gasteiger partial charge >= 0.3 is 5.97 Å². The summed E-state index contributed by atoms with van der Waals surface area (Å²) in [7, 11) is 0. The lowest BCUT2D eigenvalue weighted by Crippen LogP contribution is -2.35. The number of aryl methyl sites for hydroxylation is 1. The number of carbonyl (C=O) groups is 2. The molecule has 0 spiro atoms. The summed E-state index contributed by atoms with van der Waals surface area (Å²) in [5, 5.41) is 16.7. The average Bonchev–Trinajstić information content (AvgIpc) is 3.28. The largest absolute Gasteiger partial charge is 0.481 e. The van der Waals surface area contributed by atoms with Crippen molar-refractivity contribution >= 4 is 11.9 Å². The number of hydrogen-bond donors (Lipinski definition) is 2. The van der Waals surface area contributed by atoms with Crippen molar-refractivity contribution in [1.82, 2.24) is 15.1 Å². The second-order valence-corrected chi connectivity index (χ2v) is 6.95. The molecule has 3 atom stereocenters. The SMILES string of the molecule is O=C(O)[C@@H]1CN(C(=O)C2CCCc3[nH]ncc32)C[C@H]1c1ccccc1. The summed E-state index contributed by atoms with van der Waals surface area (Å²) in [6.45, 7) is 0.737. The quantitative estimate of drug-likeness (QED) is 0.897. The van der Waals surface area contributed by atoms with Crippen LogP contribution in [0.25, 0.3) is 0 Å². The number of rotatable bonds is 3. The lowest BCUT2D eigenvalue weighted by atomic mass is 9.86. The molecule has 1 unspecified atom stereocenters. The Balaban J connectivity index is 1.58. The van der Waals surface area contributed by atoms with Crippen LogP contribution in [0, 0.1) is 5.92 Å². The second-order valence-electron chi connectivity index (χ2n) is 6.95. The molecule has 2 aromatic rings. The number of aliphatic carboxylic acids is 1. The number of carboxylic acid groups (broad SMARTS) is 1. The van der Waals surface area contributed by atoms with Gasteiger partial charge in [0, 0.05) is 30.3 Å². The van der Waals surface area contributed by atoms with E-state index in [1.165, 1.54) is 0 Å². The van der Waals surface area contributed by atoms with Crippen LogP contribution in [-0.2, 0) is 16.0 Å². The highest BCUT2D eigenvalue weighted by molar-refractivity contribution is 5.86. The minimum Gasteiger partial charge on any atom is -0.481 e. The number of carboxylic acids is 1. The molecule has 1 aromatic heterocycles. The summed E-state index contributed by atoms with van der Waals surface area (Å²) in [6, 6.07) is 9.64. The Kier molecular flexibility index (Phi) is 4.03. The van der Waals surface area contributed by atoms with Crippen LogP contribution >= 0.6 is 0 Å². The molecular formula is C19H21N3O3. The monoisotopic (exact) mass is 339 g/mol. The number of nitrogens with zero attached hydrogens (tertiary/aromatic N) is 2. The van der Waals surface area contributed by atoms with Gasteiger partial charge in [0.25, 0.3) is 0 Å². The zero-order valence-electron chi connectivity index (χ0n) is 13.9. The van der Waals surface area contributed by atoms with E-state index in [0.717, 1.165) is 36.1 Å². The van der Waals surface area contributed by atoms with E-state index in [4.69, 9.17) is 0 Å². The molecule has 1 saturated heterocycles. The van der Waals surface area contributed by atoms with E-state index in [1.807, 2.05) is 30.3 Å². The summed E-state index contributed by atoms with van der Waals surface area (Å²) in [5.41, 5.74) is 3.00. The highest BCUT2D eigenvalue weighted by atomic mass is 16.4. The number of aromatic nitrogens is 2. The molecular weight excluding hydrogens is 318 g/mol. The number of benzene rings is 1. The molecule has 1 aliphatic carbocycles. The van der Waals surface area contributed by atoms with Gasteiger partial charge in [0.15, 0.2) is 0 Å². The van der Waals surface area contributed by atoms with Gasteiger partial charge in [0.2, 0.25) is 5.91 Å². The van der Waals surface area contributed by atoms with Crippen molar-refractivity contribution in [3.8, 4) is 0 Å². The van der Waals surface area contributed by atoms with Crippen LogP contribution in [0.15, 0.2) is 36.5 Å². The first-order valence-corrected chi connectivity index (χ1v) is 8.74. The minimum atomic E-state index is -0.836. The molecule has 0 bridgehead atoms. The molecule has 1 fully saturated rings. The van der Waals surface area contributed by atoms with Crippen molar-refractivity contribution in [2.75, 3.05) is 13.1 Å². The Hall–Kier alpha value is -2.63. The Morgan fingerprint density at radius 1 is 1.20 bits per heavy atom. The van der Waals surface area contributed by atoms with E-state index in [1.54, 1.807) is 11.1 Å². The van der Waals surface area contributed by atoms with Crippen LogP contribution in [0.4, 0.5) is 0 Å². The predicted molar refractivity (Wildman–Crippen MR) is 91.2 cm³/mol. The Bertz CT molecular complexity index is 786. The van der Waals surface area contributed by atoms with Crippen molar-refractivity contribution in [1.29, 1.82) is 0 Å². The first kappa shape index (κ1) is 15.9. The van der Waals surface area contributed by atoms with Crippen LogP contribution in [0.2, 0.25) is 0 Å². The highest BCUT2D eigenvalue weighted by Crippen LogP contribution is 2.37. The van der Waals surface area contributed by atoms with Gasteiger partial charge in [-0.1, -0.05) is 30.3 Å². The van der Waals surface area contributed by atoms with Gasteiger partial charge in [0.05, 0.1) is 18.0 Å². The summed E-state index contributed by atoms with van der Waals surface area (Å²) in [4.78, 5) is 26.6. The summed E-state index contributed by atoms with van der Waals surface area (Å²) in [5.74, 6) is -1.72. The fourth-order valence-electron chi connectivity index (χ4n) is 4.21. The first-order valence-electron chi connectivity index (χ1n) is 8.74. The van der Waals surface area contributed by atoms with Crippen LogP contribution in [0.3, 0.4) is 0 Å². The summed E-state index contributed by atoms with van der Waals surface area (Å²) in [6.07, 6.45) is 4.42. The number of aromatic amines is 1. The molecule has 6 heteroatoms. The lowest BCUT2D eigenvalue weighted by molar-refractivity contribution is -0.142. The van der Waals surface area contributed by atoms with Gasteiger partial charge in [0.1, 0.15) is 0 Å². The molecule has 1 amide bonds. The van der Waals surface area contributed by atoms with E-state index in [2.05, 4.69) is 10.2 Å². The topological polar surface area (TPSA) is 86.3 Å². The van der Waals surface area contributed by atoms with E-state index < -0.39 is 11.9 Å². The molecule has 2 heterocycles. The predicted octanol–water partition coefficient (Wildman–Crippen LogP) is 2.16. The molecule has 4 rings (SSSR count). The smallest absolute Gasteiger partial charge is 0.308 e. The third kappa shape index (κ3) is 2.81. The molecule has 0 saturated carbocycles. The number of likely N-dealkylation sites (tertiary alicyclic amines) is 1. The van der Waals surface area contributed by atoms with E-state index in [9.17, 15) is 14.7 Å². The average molecular weight is 339 g/mol. The molecule has 1 aromatic carbocycles. The minimum absolute atomic E-state index is 0.0343. The van der Waals surface area contributed by atoms with E-state index in [-0.39, 0.29) is 24.3 Å².